The molecule has 0 aromatic heterocycles. The standard InChI is InChI=1S/C8H3Cl3O2/c9-4-2-1-3-5-6(4)13-8(11)7(10)12-5/h1-3H. The molecule has 5 heteroatoms. The van der Waals surface area contributed by atoms with Crippen molar-refractivity contribution in [2.75, 3.05) is 0 Å². The zero-order chi connectivity index (χ0) is 9.42. The van der Waals surface area contributed by atoms with Crippen LogP contribution in [0.5, 0.6) is 11.5 Å². The second-order valence-corrected chi connectivity index (χ2v) is 3.41. The summed E-state index contributed by atoms with van der Waals surface area (Å²) in [6.45, 7) is 0. The molecule has 2 rings (SSSR count). The van der Waals surface area contributed by atoms with Gasteiger partial charge in [-0.15, -0.1) is 0 Å². The molecule has 0 amide bonds. The minimum Gasteiger partial charge on any atom is -0.436 e. The molecule has 0 fully saturated rings. The largest absolute Gasteiger partial charge is 0.436 e. The molecule has 0 saturated carbocycles. The molecule has 68 valence electrons. The molecule has 0 unspecified atom stereocenters. The maximum atomic E-state index is 5.83. The Kier molecular flexibility index (Phi) is 2.28. The van der Waals surface area contributed by atoms with E-state index >= 15 is 0 Å². The number of rotatable bonds is 0. The van der Waals surface area contributed by atoms with Crippen LogP contribution in [-0.2, 0) is 0 Å². The molecule has 1 heterocycles. The van der Waals surface area contributed by atoms with E-state index in [1.807, 2.05) is 0 Å². The van der Waals surface area contributed by atoms with E-state index in [0.717, 1.165) is 0 Å². The van der Waals surface area contributed by atoms with Crippen molar-refractivity contribution in [2.45, 2.75) is 0 Å². The summed E-state index contributed by atoms with van der Waals surface area (Å²) in [6.07, 6.45) is 0. The third-order valence-corrected chi connectivity index (χ3v) is 2.37. The summed E-state index contributed by atoms with van der Waals surface area (Å²) < 4.78 is 10.3. The molecular weight excluding hydrogens is 234 g/mol. The summed E-state index contributed by atoms with van der Waals surface area (Å²) in [5.74, 6) is 0.848. The zero-order valence-corrected chi connectivity index (χ0v) is 8.45. The van der Waals surface area contributed by atoms with Crippen LogP contribution >= 0.6 is 34.8 Å². The van der Waals surface area contributed by atoms with Gasteiger partial charge in [-0.05, 0) is 35.3 Å². The van der Waals surface area contributed by atoms with E-state index in [4.69, 9.17) is 44.3 Å². The maximum Gasteiger partial charge on any atom is 0.249 e. The summed E-state index contributed by atoms with van der Waals surface area (Å²) in [5.41, 5.74) is 0. The molecular formula is C8H3Cl3O2. The first-order valence-corrected chi connectivity index (χ1v) is 4.51. The van der Waals surface area contributed by atoms with Gasteiger partial charge in [-0.3, -0.25) is 0 Å². The number of hydrogen-bond acceptors (Lipinski definition) is 2. The fourth-order valence-electron chi connectivity index (χ4n) is 0.935. The Morgan fingerprint density at radius 3 is 2.38 bits per heavy atom. The van der Waals surface area contributed by atoms with Gasteiger partial charge in [0.25, 0.3) is 0 Å². The Hall–Kier alpha value is -0.570. The minimum atomic E-state index is -0.0118. The fourth-order valence-corrected chi connectivity index (χ4v) is 1.38. The van der Waals surface area contributed by atoms with Crippen molar-refractivity contribution in [3.8, 4) is 11.5 Å². The summed E-state index contributed by atoms with van der Waals surface area (Å²) in [5, 5.41) is 0.429. The Balaban J connectivity index is 2.50. The van der Waals surface area contributed by atoms with Crippen LogP contribution in [0.15, 0.2) is 28.6 Å². The Morgan fingerprint density at radius 2 is 1.62 bits per heavy atom. The molecule has 0 atom stereocenters. The summed E-state index contributed by atoms with van der Waals surface area (Å²) in [6, 6.07) is 5.09. The second kappa shape index (κ2) is 3.29. The highest BCUT2D eigenvalue weighted by molar-refractivity contribution is 6.38. The summed E-state index contributed by atoms with van der Waals surface area (Å²) >= 11 is 17.0. The molecule has 0 aliphatic carbocycles. The lowest BCUT2D eigenvalue weighted by molar-refractivity contribution is 0.338. The van der Waals surface area contributed by atoms with Crippen molar-refractivity contribution in [3.05, 3.63) is 33.7 Å². The number of para-hydroxylation sites is 1. The first-order valence-electron chi connectivity index (χ1n) is 3.38. The zero-order valence-electron chi connectivity index (χ0n) is 6.18. The minimum absolute atomic E-state index is 0.0106. The van der Waals surface area contributed by atoms with E-state index in [-0.39, 0.29) is 10.4 Å². The molecule has 1 aromatic carbocycles. The van der Waals surface area contributed by atoms with Crippen molar-refractivity contribution < 1.29 is 9.47 Å². The van der Waals surface area contributed by atoms with Crippen LogP contribution in [0.3, 0.4) is 0 Å². The molecule has 0 saturated heterocycles. The maximum absolute atomic E-state index is 5.83. The van der Waals surface area contributed by atoms with E-state index in [2.05, 4.69) is 0 Å². The normalized spacial score (nSPS) is 14.7. The van der Waals surface area contributed by atoms with Gasteiger partial charge in [-0.2, -0.15) is 0 Å². The number of ether oxygens (including phenoxy) is 2. The number of fused-ring (bicyclic) bond motifs is 1. The third kappa shape index (κ3) is 1.57. The van der Waals surface area contributed by atoms with Gasteiger partial charge in [-0.25, -0.2) is 0 Å². The van der Waals surface area contributed by atoms with Crippen LogP contribution < -0.4 is 9.47 Å². The van der Waals surface area contributed by atoms with Crippen LogP contribution in [-0.4, -0.2) is 0 Å². The molecule has 1 aliphatic rings. The third-order valence-electron chi connectivity index (χ3n) is 1.48. The van der Waals surface area contributed by atoms with Crippen LogP contribution in [0, 0.1) is 0 Å². The number of hydrogen-bond donors (Lipinski definition) is 0. The first kappa shape index (κ1) is 9.00. The fraction of sp³-hybridized carbons (Fsp3) is 0. The van der Waals surface area contributed by atoms with Crippen molar-refractivity contribution in [1.29, 1.82) is 0 Å². The van der Waals surface area contributed by atoms with Crippen molar-refractivity contribution >= 4 is 34.8 Å². The first-order chi connectivity index (χ1) is 6.18. The molecule has 13 heavy (non-hydrogen) atoms. The molecule has 2 nitrogen and oxygen atoms in total. The average Bonchev–Trinajstić information content (AvgIpc) is 2.09. The quantitative estimate of drug-likeness (QED) is 0.685. The lowest BCUT2D eigenvalue weighted by Gasteiger charge is -2.17. The van der Waals surface area contributed by atoms with Crippen LogP contribution in [0.4, 0.5) is 0 Å². The van der Waals surface area contributed by atoms with Crippen molar-refractivity contribution in [2.24, 2.45) is 0 Å². The van der Waals surface area contributed by atoms with E-state index in [9.17, 15) is 0 Å². The lowest BCUT2D eigenvalue weighted by Crippen LogP contribution is -2.05. The van der Waals surface area contributed by atoms with E-state index in [1.54, 1.807) is 18.2 Å². The average molecular weight is 237 g/mol. The van der Waals surface area contributed by atoms with Crippen LogP contribution in [0.1, 0.15) is 0 Å². The van der Waals surface area contributed by atoms with Crippen LogP contribution in [0.25, 0.3) is 0 Å². The van der Waals surface area contributed by atoms with Gasteiger partial charge in [0.15, 0.2) is 11.5 Å². The Labute approximate surface area is 89.6 Å². The number of halogens is 3. The van der Waals surface area contributed by atoms with E-state index < -0.39 is 0 Å². The highest BCUT2D eigenvalue weighted by Gasteiger charge is 2.20. The predicted octanol–water partition coefficient (Wildman–Crippen LogP) is 3.72. The molecule has 1 aromatic rings. The van der Waals surface area contributed by atoms with Gasteiger partial charge in [0.05, 0.1) is 5.02 Å². The molecule has 0 spiro atoms. The van der Waals surface area contributed by atoms with Gasteiger partial charge in [0, 0.05) is 0 Å². The highest BCUT2D eigenvalue weighted by Crippen LogP contribution is 2.41. The van der Waals surface area contributed by atoms with Gasteiger partial charge < -0.3 is 9.47 Å². The van der Waals surface area contributed by atoms with Crippen molar-refractivity contribution in [1.82, 2.24) is 0 Å². The molecule has 0 N–H and O–H groups in total. The predicted molar refractivity (Wildman–Crippen MR) is 51.4 cm³/mol. The van der Waals surface area contributed by atoms with Gasteiger partial charge in [0.1, 0.15) is 0 Å². The Bertz CT molecular complexity index is 387. The number of benzene rings is 1. The molecule has 0 bridgehead atoms. The van der Waals surface area contributed by atoms with Crippen molar-refractivity contribution in [3.63, 3.8) is 0 Å². The molecule has 0 radical (unpaired) electrons. The highest BCUT2D eigenvalue weighted by atomic mass is 35.5. The van der Waals surface area contributed by atoms with Gasteiger partial charge in [0.2, 0.25) is 10.4 Å². The van der Waals surface area contributed by atoms with E-state index in [1.165, 1.54) is 0 Å². The SMILES string of the molecule is ClC1=C(Cl)Oc2c(Cl)cccc2O1. The van der Waals surface area contributed by atoms with Gasteiger partial charge in [-0.1, -0.05) is 17.7 Å². The topological polar surface area (TPSA) is 18.5 Å². The second-order valence-electron chi connectivity index (χ2n) is 2.32. The summed E-state index contributed by atoms with van der Waals surface area (Å²) in [7, 11) is 0. The van der Waals surface area contributed by atoms with Crippen LogP contribution in [0.2, 0.25) is 5.02 Å². The smallest absolute Gasteiger partial charge is 0.249 e. The van der Waals surface area contributed by atoms with Gasteiger partial charge >= 0.3 is 0 Å². The lowest BCUT2D eigenvalue weighted by atomic mass is 10.3. The monoisotopic (exact) mass is 236 g/mol. The van der Waals surface area contributed by atoms with E-state index in [0.29, 0.717) is 16.5 Å². The Morgan fingerprint density at radius 1 is 0.923 bits per heavy atom. The molecule has 1 aliphatic heterocycles. The summed E-state index contributed by atoms with van der Waals surface area (Å²) in [4.78, 5) is 0.